The van der Waals surface area contributed by atoms with Crippen LogP contribution in [0.15, 0.2) is 24.3 Å². The summed E-state index contributed by atoms with van der Waals surface area (Å²) >= 11 is 0. The van der Waals surface area contributed by atoms with Gasteiger partial charge in [-0.2, -0.15) is 0 Å². The lowest BCUT2D eigenvalue weighted by molar-refractivity contribution is -0.0526. The SMILES string of the molecule is CC1CN(Cc2cccc(C#CCCO)c2)C(C)CO1. The third kappa shape index (κ3) is 4.35. The predicted molar refractivity (Wildman–Crippen MR) is 80.3 cm³/mol. The van der Waals surface area contributed by atoms with Gasteiger partial charge in [-0.1, -0.05) is 24.0 Å². The minimum Gasteiger partial charge on any atom is -0.395 e. The standard InChI is InChI=1S/C17H23NO2/c1-14-13-20-15(2)11-18(14)12-17-8-5-7-16(10-17)6-3-4-9-19/h5,7-8,10,14-15,19H,4,9,11-13H2,1-2H3. The molecule has 0 aliphatic carbocycles. The normalized spacial score (nSPS) is 23.1. The van der Waals surface area contributed by atoms with Gasteiger partial charge in [-0.3, -0.25) is 4.90 Å². The molecule has 1 aliphatic heterocycles. The van der Waals surface area contributed by atoms with Crippen LogP contribution in [-0.4, -0.2) is 41.9 Å². The highest BCUT2D eigenvalue weighted by molar-refractivity contribution is 5.37. The molecule has 2 atom stereocenters. The third-order valence-electron chi connectivity index (χ3n) is 3.52. The van der Waals surface area contributed by atoms with Gasteiger partial charge in [0.15, 0.2) is 0 Å². The molecule has 0 aromatic heterocycles. The van der Waals surface area contributed by atoms with Gasteiger partial charge in [0.05, 0.1) is 19.3 Å². The maximum atomic E-state index is 8.75. The molecule has 1 aromatic carbocycles. The first-order valence-electron chi connectivity index (χ1n) is 7.23. The highest BCUT2D eigenvalue weighted by Crippen LogP contribution is 2.16. The third-order valence-corrected chi connectivity index (χ3v) is 3.52. The Labute approximate surface area is 121 Å². The summed E-state index contributed by atoms with van der Waals surface area (Å²) in [6, 6.07) is 8.79. The molecule has 3 heteroatoms. The summed E-state index contributed by atoms with van der Waals surface area (Å²) in [7, 11) is 0. The van der Waals surface area contributed by atoms with E-state index in [1.165, 1.54) is 5.56 Å². The van der Waals surface area contributed by atoms with Crippen LogP contribution in [0.3, 0.4) is 0 Å². The van der Waals surface area contributed by atoms with Gasteiger partial charge in [0.2, 0.25) is 0 Å². The van der Waals surface area contributed by atoms with Crippen molar-refractivity contribution in [2.24, 2.45) is 0 Å². The van der Waals surface area contributed by atoms with Gasteiger partial charge in [-0.15, -0.1) is 0 Å². The Morgan fingerprint density at radius 1 is 1.40 bits per heavy atom. The smallest absolute Gasteiger partial charge is 0.0674 e. The van der Waals surface area contributed by atoms with Crippen LogP contribution in [0.4, 0.5) is 0 Å². The van der Waals surface area contributed by atoms with Crippen molar-refractivity contribution in [3.63, 3.8) is 0 Å². The lowest BCUT2D eigenvalue weighted by Gasteiger charge is -2.36. The number of aliphatic hydroxyl groups is 1. The number of hydrogen-bond donors (Lipinski definition) is 1. The molecule has 0 radical (unpaired) electrons. The van der Waals surface area contributed by atoms with Crippen molar-refractivity contribution in [3.05, 3.63) is 35.4 Å². The summed E-state index contributed by atoms with van der Waals surface area (Å²) in [6.07, 6.45) is 0.834. The molecular weight excluding hydrogens is 250 g/mol. The van der Waals surface area contributed by atoms with E-state index in [0.29, 0.717) is 18.6 Å². The Balaban J connectivity index is 2.02. The average Bonchev–Trinajstić information content (AvgIpc) is 2.44. The molecule has 1 saturated heterocycles. The Bertz CT molecular complexity index is 489. The van der Waals surface area contributed by atoms with E-state index < -0.39 is 0 Å². The van der Waals surface area contributed by atoms with Crippen molar-refractivity contribution in [2.75, 3.05) is 19.8 Å². The second-order valence-corrected chi connectivity index (χ2v) is 5.40. The quantitative estimate of drug-likeness (QED) is 0.855. The highest BCUT2D eigenvalue weighted by Gasteiger charge is 2.23. The summed E-state index contributed by atoms with van der Waals surface area (Å²) in [5.74, 6) is 6.05. The lowest BCUT2D eigenvalue weighted by atomic mass is 10.1. The van der Waals surface area contributed by atoms with E-state index in [9.17, 15) is 0 Å². The van der Waals surface area contributed by atoms with E-state index in [2.05, 4.69) is 42.7 Å². The van der Waals surface area contributed by atoms with Crippen molar-refractivity contribution in [2.45, 2.75) is 39.0 Å². The first-order valence-corrected chi connectivity index (χ1v) is 7.23. The van der Waals surface area contributed by atoms with Gasteiger partial charge in [0.25, 0.3) is 0 Å². The molecule has 20 heavy (non-hydrogen) atoms. The number of benzene rings is 1. The first-order chi connectivity index (χ1) is 9.69. The topological polar surface area (TPSA) is 32.7 Å². The number of hydrogen-bond acceptors (Lipinski definition) is 3. The van der Waals surface area contributed by atoms with Gasteiger partial charge < -0.3 is 9.84 Å². The van der Waals surface area contributed by atoms with Gasteiger partial charge in [-0.05, 0) is 31.5 Å². The monoisotopic (exact) mass is 273 g/mol. The lowest BCUT2D eigenvalue weighted by Crippen LogP contribution is -2.46. The van der Waals surface area contributed by atoms with Gasteiger partial charge >= 0.3 is 0 Å². The molecule has 0 saturated carbocycles. The number of nitrogens with zero attached hydrogens (tertiary/aromatic N) is 1. The maximum Gasteiger partial charge on any atom is 0.0674 e. The van der Waals surface area contributed by atoms with E-state index in [1.54, 1.807) is 0 Å². The molecular formula is C17H23NO2. The molecule has 1 N–H and O–H groups in total. The van der Waals surface area contributed by atoms with Crippen LogP contribution >= 0.6 is 0 Å². The van der Waals surface area contributed by atoms with E-state index in [-0.39, 0.29) is 6.61 Å². The molecule has 0 bridgehead atoms. The fourth-order valence-corrected chi connectivity index (χ4v) is 2.39. The molecule has 1 heterocycles. The van der Waals surface area contributed by atoms with Crippen molar-refractivity contribution in [1.82, 2.24) is 4.90 Å². The molecule has 1 aromatic rings. The minimum absolute atomic E-state index is 0.121. The second-order valence-electron chi connectivity index (χ2n) is 5.40. The van der Waals surface area contributed by atoms with Crippen LogP contribution in [0.1, 0.15) is 31.4 Å². The van der Waals surface area contributed by atoms with Crippen molar-refractivity contribution < 1.29 is 9.84 Å². The van der Waals surface area contributed by atoms with Crippen LogP contribution < -0.4 is 0 Å². The van der Waals surface area contributed by atoms with E-state index >= 15 is 0 Å². The number of rotatable bonds is 3. The molecule has 0 spiro atoms. The van der Waals surface area contributed by atoms with Crippen LogP contribution in [0.2, 0.25) is 0 Å². The molecule has 1 aliphatic rings. The molecule has 108 valence electrons. The highest BCUT2D eigenvalue weighted by atomic mass is 16.5. The van der Waals surface area contributed by atoms with E-state index in [4.69, 9.17) is 9.84 Å². The number of aliphatic hydroxyl groups excluding tert-OH is 1. The largest absolute Gasteiger partial charge is 0.395 e. The van der Waals surface area contributed by atoms with Crippen LogP contribution in [-0.2, 0) is 11.3 Å². The molecule has 0 amide bonds. The first kappa shape index (κ1) is 15.1. The minimum atomic E-state index is 0.121. The molecule has 2 rings (SSSR count). The van der Waals surface area contributed by atoms with Crippen LogP contribution in [0.25, 0.3) is 0 Å². The van der Waals surface area contributed by atoms with Crippen molar-refractivity contribution in [1.29, 1.82) is 0 Å². The average molecular weight is 273 g/mol. The van der Waals surface area contributed by atoms with Crippen LogP contribution in [0.5, 0.6) is 0 Å². The van der Waals surface area contributed by atoms with Gasteiger partial charge in [0.1, 0.15) is 0 Å². The van der Waals surface area contributed by atoms with Gasteiger partial charge in [0, 0.05) is 31.1 Å². The summed E-state index contributed by atoms with van der Waals surface area (Å²) in [5, 5.41) is 8.75. The number of ether oxygens (including phenoxy) is 1. The van der Waals surface area contributed by atoms with Crippen molar-refractivity contribution in [3.8, 4) is 11.8 Å². The van der Waals surface area contributed by atoms with Crippen molar-refractivity contribution >= 4 is 0 Å². The fraction of sp³-hybridized carbons (Fsp3) is 0.529. The summed E-state index contributed by atoms with van der Waals surface area (Å²) < 4.78 is 5.66. The fourth-order valence-electron chi connectivity index (χ4n) is 2.39. The Kier molecular flexibility index (Phi) is 5.60. The predicted octanol–water partition coefficient (Wildman–Crippen LogP) is 2.03. The second kappa shape index (κ2) is 7.44. The van der Waals surface area contributed by atoms with E-state index in [1.807, 2.05) is 12.1 Å². The van der Waals surface area contributed by atoms with E-state index in [0.717, 1.165) is 25.3 Å². The molecule has 1 fully saturated rings. The Morgan fingerprint density at radius 2 is 2.25 bits per heavy atom. The number of morpholine rings is 1. The van der Waals surface area contributed by atoms with Gasteiger partial charge in [-0.25, -0.2) is 0 Å². The Hall–Kier alpha value is -1.34. The molecule has 2 unspecified atom stereocenters. The summed E-state index contributed by atoms with van der Waals surface area (Å²) in [6.45, 7) is 7.16. The maximum absolute atomic E-state index is 8.75. The van der Waals surface area contributed by atoms with Crippen LogP contribution in [0, 0.1) is 11.8 Å². The Morgan fingerprint density at radius 3 is 3.05 bits per heavy atom. The molecule has 3 nitrogen and oxygen atoms in total. The zero-order valence-corrected chi connectivity index (χ0v) is 12.3. The zero-order valence-electron chi connectivity index (χ0n) is 12.3. The zero-order chi connectivity index (χ0) is 14.4. The summed E-state index contributed by atoms with van der Waals surface area (Å²) in [4.78, 5) is 2.45. The summed E-state index contributed by atoms with van der Waals surface area (Å²) in [5.41, 5.74) is 2.30.